The fourth-order valence-electron chi connectivity index (χ4n) is 2.81. The first-order valence-electron chi connectivity index (χ1n) is 9.57. The molecule has 25 heavy (non-hydrogen) atoms. The van der Waals surface area contributed by atoms with E-state index in [9.17, 15) is 0 Å². The van der Waals surface area contributed by atoms with Crippen molar-refractivity contribution < 1.29 is 4.74 Å². The van der Waals surface area contributed by atoms with Gasteiger partial charge >= 0.3 is 0 Å². The molecule has 0 aliphatic rings. The van der Waals surface area contributed by atoms with Gasteiger partial charge in [-0.25, -0.2) is 0 Å². The molecule has 0 aromatic heterocycles. The third kappa shape index (κ3) is 6.45. The molecule has 2 aromatic rings. The Morgan fingerprint density at radius 1 is 0.880 bits per heavy atom. The van der Waals surface area contributed by atoms with Crippen molar-refractivity contribution >= 4 is 5.69 Å². The molecule has 2 atom stereocenters. The number of hydrogen-bond acceptors (Lipinski definition) is 2. The smallest absolute Gasteiger partial charge is 0.119 e. The number of benzene rings is 2. The highest BCUT2D eigenvalue weighted by Crippen LogP contribution is 2.21. The van der Waals surface area contributed by atoms with Gasteiger partial charge in [0.2, 0.25) is 0 Å². The minimum atomic E-state index is 0.262. The predicted molar refractivity (Wildman–Crippen MR) is 109 cm³/mol. The summed E-state index contributed by atoms with van der Waals surface area (Å²) in [4.78, 5) is 0. The molecule has 1 N–H and O–H groups in total. The van der Waals surface area contributed by atoms with Crippen LogP contribution in [0.2, 0.25) is 0 Å². The molecule has 0 bridgehead atoms. The van der Waals surface area contributed by atoms with Crippen molar-refractivity contribution in [3.63, 3.8) is 0 Å². The average Bonchev–Trinajstić information content (AvgIpc) is 2.61. The molecule has 2 unspecified atom stereocenters. The molecule has 0 aliphatic carbocycles. The van der Waals surface area contributed by atoms with E-state index in [0.29, 0.717) is 11.8 Å². The maximum Gasteiger partial charge on any atom is 0.119 e. The Kier molecular flexibility index (Phi) is 7.36. The molecule has 2 nitrogen and oxygen atoms in total. The van der Waals surface area contributed by atoms with Gasteiger partial charge < -0.3 is 10.1 Å². The van der Waals surface area contributed by atoms with E-state index < -0.39 is 0 Å². The third-order valence-corrected chi connectivity index (χ3v) is 4.57. The normalized spacial score (nSPS) is 13.5. The van der Waals surface area contributed by atoms with Crippen LogP contribution in [-0.2, 0) is 6.42 Å². The summed E-state index contributed by atoms with van der Waals surface area (Å²) >= 11 is 0. The molecule has 0 saturated carbocycles. The summed E-state index contributed by atoms with van der Waals surface area (Å²) in [7, 11) is 0. The lowest BCUT2D eigenvalue weighted by Gasteiger charge is -2.16. The van der Waals surface area contributed by atoms with Crippen LogP contribution in [0, 0.1) is 5.92 Å². The first-order chi connectivity index (χ1) is 12.0. The minimum Gasteiger partial charge on any atom is -0.491 e. The molecule has 2 rings (SSSR count). The third-order valence-electron chi connectivity index (χ3n) is 4.57. The van der Waals surface area contributed by atoms with Gasteiger partial charge in [0.15, 0.2) is 0 Å². The Labute approximate surface area is 153 Å². The van der Waals surface area contributed by atoms with Crippen LogP contribution in [0.15, 0.2) is 48.5 Å². The SMILES string of the molecule is CCC(C)Oc1ccc(NCC(C)c2ccc(CC(C)C)cc2)cc1. The van der Waals surface area contributed by atoms with Gasteiger partial charge in [0.1, 0.15) is 5.75 Å². The van der Waals surface area contributed by atoms with Crippen molar-refractivity contribution in [2.45, 2.75) is 59.5 Å². The predicted octanol–water partition coefficient (Wildman–Crippen LogP) is 6.28. The van der Waals surface area contributed by atoms with Crippen LogP contribution >= 0.6 is 0 Å². The molecule has 0 heterocycles. The van der Waals surface area contributed by atoms with Crippen LogP contribution in [-0.4, -0.2) is 12.6 Å². The van der Waals surface area contributed by atoms with Crippen LogP contribution in [0.4, 0.5) is 5.69 Å². The highest BCUT2D eigenvalue weighted by Gasteiger charge is 2.07. The van der Waals surface area contributed by atoms with Gasteiger partial charge in [0, 0.05) is 12.2 Å². The highest BCUT2D eigenvalue weighted by molar-refractivity contribution is 5.46. The molecular formula is C23H33NO. The summed E-state index contributed by atoms with van der Waals surface area (Å²) in [5.74, 6) is 2.12. The van der Waals surface area contributed by atoms with E-state index in [4.69, 9.17) is 4.74 Å². The first-order valence-corrected chi connectivity index (χ1v) is 9.57. The zero-order valence-corrected chi connectivity index (χ0v) is 16.4. The lowest BCUT2D eigenvalue weighted by molar-refractivity contribution is 0.217. The second-order valence-corrected chi connectivity index (χ2v) is 7.48. The molecule has 0 spiro atoms. The Morgan fingerprint density at radius 2 is 1.52 bits per heavy atom. The topological polar surface area (TPSA) is 21.3 Å². The maximum atomic E-state index is 5.82. The van der Waals surface area contributed by atoms with Crippen LogP contribution in [0.3, 0.4) is 0 Å². The van der Waals surface area contributed by atoms with Gasteiger partial charge in [-0.15, -0.1) is 0 Å². The van der Waals surface area contributed by atoms with E-state index in [0.717, 1.165) is 30.8 Å². The van der Waals surface area contributed by atoms with Gasteiger partial charge in [-0.2, -0.15) is 0 Å². The van der Waals surface area contributed by atoms with E-state index in [-0.39, 0.29) is 6.10 Å². The van der Waals surface area contributed by atoms with Crippen molar-refractivity contribution in [1.82, 2.24) is 0 Å². The number of ether oxygens (including phenoxy) is 1. The lowest BCUT2D eigenvalue weighted by Crippen LogP contribution is -2.11. The fraction of sp³-hybridized carbons (Fsp3) is 0.478. The van der Waals surface area contributed by atoms with Crippen molar-refractivity contribution in [3.05, 3.63) is 59.7 Å². The van der Waals surface area contributed by atoms with Crippen molar-refractivity contribution in [1.29, 1.82) is 0 Å². The largest absolute Gasteiger partial charge is 0.491 e. The van der Waals surface area contributed by atoms with Crippen LogP contribution in [0.1, 0.15) is 58.1 Å². The van der Waals surface area contributed by atoms with Crippen molar-refractivity contribution in [2.24, 2.45) is 5.92 Å². The van der Waals surface area contributed by atoms with E-state index in [1.165, 1.54) is 11.1 Å². The highest BCUT2D eigenvalue weighted by atomic mass is 16.5. The summed E-state index contributed by atoms with van der Waals surface area (Å²) < 4.78 is 5.82. The quantitative estimate of drug-likeness (QED) is 0.580. The first kappa shape index (κ1) is 19.4. The monoisotopic (exact) mass is 339 g/mol. The Hall–Kier alpha value is -1.96. The summed E-state index contributed by atoms with van der Waals surface area (Å²) in [5, 5.41) is 3.53. The summed E-state index contributed by atoms with van der Waals surface area (Å²) in [6.45, 7) is 12.0. The minimum absolute atomic E-state index is 0.262. The number of anilines is 1. The lowest BCUT2D eigenvalue weighted by atomic mass is 9.97. The average molecular weight is 340 g/mol. The summed E-state index contributed by atoms with van der Waals surface area (Å²) in [6, 6.07) is 17.4. The molecule has 0 amide bonds. The van der Waals surface area contributed by atoms with E-state index in [1.54, 1.807) is 0 Å². The van der Waals surface area contributed by atoms with Gasteiger partial charge in [0.25, 0.3) is 0 Å². The number of hydrogen-bond donors (Lipinski definition) is 1. The molecule has 0 fully saturated rings. The Morgan fingerprint density at radius 3 is 2.08 bits per heavy atom. The zero-order valence-electron chi connectivity index (χ0n) is 16.4. The Balaban J connectivity index is 1.85. The molecule has 136 valence electrons. The molecule has 0 saturated heterocycles. The number of rotatable bonds is 9. The standard InChI is InChI=1S/C23H33NO/c1-6-19(5)25-23-13-11-22(12-14-23)24-16-18(4)21-9-7-20(8-10-21)15-17(2)3/h7-14,17-19,24H,6,15-16H2,1-5H3. The van der Waals surface area contributed by atoms with Crippen molar-refractivity contribution in [3.8, 4) is 5.75 Å². The second kappa shape index (κ2) is 9.50. The summed E-state index contributed by atoms with van der Waals surface area (Å²) in [5.41, 5.74) is 3.95. The van der Waals surface area contributed by atoms with Gasteiger partial charge in [-0.3, -0.25) is 0 Å². The van der Waals surface area contributed by atoms with Crippen LogP contribution in [0.5, 0.6) is 5.75 Å². The Bertz CT molecular complexity index is 616. The molecule has 2 aromatic carbocycles. The second-order valence-electron chi connectivity index (χ2n) is 7.48. The molecular weight excluding hydrogens is 306 g/mol. The molecule has 0 radical (unpaired) electrons. The number of nitrogens with one attached hydrogen (secondary N) is 1. The van der Waals surface area contributed by atoms with Crippen molar-refractivity contribution in [2.75, 3.05) is 11.9 Å². The summed E-state index contributed by atoms with van der Waals surface area (Å²) in [6.07, 6.45) is 2.43. The maximum absolute atomic E-state index is 5.82. The van der Waals surface area contributed by atoms with Gasteiger partial charge in [0.05, 0.1) is 6.10 Å². The van der Waals surface area contributed by atoms with E-state index >= 15 is 0 Å². The van der Waals surface area contributed by atoms with Gasteiger partial charge in [-0.1, -0.05) is 52.0 Å². The van der Waals surface area contributed by atoms with E-state index in [1.807, 2.05) is 12.1 Å². The molecule has 2 heteroatoms. The van der Waals surface area contributed by atoms with Crippen LogP contribution in [0.25, 0.3) is 0 Å². The van der Waals surface area contributed by atoms with Crippen LogP contribution < -0.4 is 10.1 Å². The zero-order chi connectivity index (χ0) is 18.2. The van der Waals surface area contributed by atoms with E-state index in [2.05, 4.69) is 76.3 Å². The molecule has 0 aliphatic heterocycles. The van der Waals surface area contributed by atoms with Gasteiger partial charge in [-0.05, 0) is 67.0 Å². The fourth-order valence-corrected chi connectivity index (χ4v) is 2.81.